The number of nitrogen functional groups attached to an aromatic ring is 1. The zero-order chi connectivity index (χ0) is 18.6. The van der Waals surface area contributed by atoms with Crippen LogP contribution in [0.5, 0.6) is 0 Å². The Morgan fingerprint density at radius 2 is 2.08 bits per heavy atom. The van der Waals surface area contributed by atoms with Crippen molar-refractivity contribution in [3.63, 3.8) is 0 Å². The van der Waals surface area contributed by atoms with Crippen LogP contribution in [0.25, 0.3) is 0 Å². The summed E-state index contributed by atoms with van der Waals surface area (Å²) < 4.78 is 6.19. The predicted molar refractivity (Wildman–Crippen MR) is 95.1 cm³/mol. The summed E-state index contributed by atoms with van der Waals surface area (Å²) in [5.74, 6) is -0.665. The van der Waals surface area contributed by atoms with Crippen LogP contribution in [0.1, 0.15) is 46.9 Å². The number of rotatable bonds is 6. The highest BCUT2D eigenvalue weighted by atomic mass is 16.5. The number of carbonyl (C=O) groups excluding carboxylic acids is 2. The van der Waals surface area contributed by atoms with Gasteiger partial charge in [-0.3, -0.25) is 4.79 Å². The van der Waals surface area contributed by atoms with E-state index in [2.05, 4.69) is 16.5 Å². The molecule has 0 saturated heterocycles. The number of ether oxygens (including phenoxy) is 1. The minimum atomic E-state index is -0.546. The molecule has 0 fully saturated rings. The maximum Gasteiger partial charge on any atom is 0.343 e. The van der Waals surface area contributed by atoms with Crippen LogP contribution in [0, 0.1) is 13.8 Å². The van der Waals surface area contributed by atoms with E-state index in [1.165, 1.54) is 10.9 Å². The number of anilines is 1. The maximum atomic E-state index is 12.3. The number of esters is 1. The predicted octanol–water partition coefficient (Wildman–Crippen LogP) is 2.14. The lowest BCUT2D eigenvalue weighted by Gasteiger charge is -2.17. The molecule has 25 heavy (non-hydrogen) atoms. The van der Waals surface area contributed by atoms with Crippen LogP contribution in [0.2, 0.25) is 0 Å². The standard InChI is InChI=1S/C18H24N4O3/c1-5-25-18(24)15-9-20-22(17(15)19)10-16(23)21-13(4)14-8-11(2)6-7-12(14)3/h6-9,13H,5,10,19H2,1-4H3,(H,21,23)/t13-/m0/s1. The molecule has 7 heteroatoms. The summed E-state index contributed by atoms with van der Waals surface area (Å²) >= 11 is 0. The van der Waals surface area contributed by atoms with E-state index in [0.29, 0.717) is 0 Å². The van der Waals surface area contributed by atoms with Crippen LogP contribution in [0.15, 0.2) is 24.4 Å². The van der Waals surface area contributed by atoms with Gasteiger partial charge in [-0.1, -0.05) is 23.8 Å². The molecule has 0 aliphatic heterocycles. The molecule has 1 amide bonds. The van der Waals surface area contributed by atoms with Gasteiger partial charge >= 0.3 is 5.97 Å². The van der Waals surface area contributed by atoms with Crippen molar-refractivity contribution in [2.75, 3.05) is 12.3 Å². The van der Waals surface area contributed by atoms with E-state index in [9.17, 15) is 9.59 Å². The minimum Gasteiger partial charge on any atom is -0.462 e. The van der Waals surface area contributed by atoms with E-state index in [-0.39, 0.29) is 36.5 Å². The van der Waals surface area contributed by atoms with Gasteiger partial charge in [0.25, 0.3) is 0 Å². The fourth-order valence-corrected chi connectivity index (χ4v) is 2.61. The summed E-state index contributed by atoms with van der Waals surface area (Å²) in [6.07, 6.45) is 1.31. The van der Waals surface area contributed by atoms with Gasteiger partial charge < -0.3 is 15.8 Å². The van der Waals surface area contributed by atoms with Crippen LogP contribution in [-0.2, 0) is 16.1 Å². The van der Waals surface area contributed by atoms with Gasteiger partial charge in [0.2, 0.25) is 5.91 Å². The number of carbonyl (C=O) groups is 2. The molecule has 0 aliphatic carbocycles. The summed E-state index contributed by atoms with van der Waals surface area (Å²) in [5.41, 5.74) is 9.37. The molecule has 1 atom stereocenters. The third-order valence-corrected chi connectivity index (χ3v) is 3.95. The van der Waals surface area contributed by atoms with Gasteiger partial charge in [0, 0.05) is 0 Å². The molecule has 3 N–H and O–H groups in total. The molecule has 7 nitrogen and oxygen atoms in total. The molecule has 134 valence electrons. The van der Waals surface area contributed by atoms with Crippen molar-refractivity contribution < 1.29 is 14.3 Å². The Morgan fingerprint density at radius 1 is 1.36 bits per heavy atom. The lowest BCUT2D eigenvalue weighted by atomic mass is 10.00. The second-order valence-corrected chi connectivity index (χ2v) is 5.97. The van der Waals surface area contributed by atoms with Gasteiger partial charge in [0.05, 0.1) is 18.8 Å². The summed E-state index contributed by atoms with van der Waals surface area (Å²) in [6, 6.07) is 5.98. The highest BCUT2D eigenvalue weighted by Gasteiger charge is 2.18. The van der Waals surface area contributed by atoms with Crippen LogP contribution in [0.3, 0.4) is 0 Å². The van der Waals surface area contributed by atoms with E-state index < -0.39 is 5.97 Å². The van der Waals surface area contributed by atoms with E-state index in [4.69, 9.17) is 10.5 Å². The smallest absolute Gasteiger partial charge is 0.343 e. The fourth-order valence-electron chi connectivity index (χ4n) is 2.61. The van der Waals surface area contributed by atoms with Crippen molar-refractivity contribution in [3.8, 4) is 0 Å². The first-order valence-electron chi connectivity index (χ1n) is 8.18. The summed E-state index contributed by atoms with van der Waals surface area (Å²) in [4.78, 5) is 24.0. The number of nitrogens with two attached hydrogens (primary N) is 1. The van der Waals surface area contributed by atoms with Crippen molar-refractivity contribution in [1.29, 1.82) is 0 Å². The number of hydrogen-bond acceptors (Lipinski definition) is 5. The third kappa shape index (κ3) is 4.37. The Morgan fingerprint density at radius 3 is 2.76 bits per heavy atom. The van der Waals surface area contributed by atoms with E-state index >= 15 is 0 Å². The Kier molecular flexibility index (Phi) is 5.80. The first kappa shape index (κ1) is 18.5. The molecule has 1 aromatic heterocycles. The number of aryl methyl sites for hydroxylation is 2. The summed E-state index contributed by atoms with van der Waals surface area (Å²) in [7, 11) is 0. The van der Waals surface area contributed by atoms with Crippen molar-refractivity contribution in [1.82, 2.24) is 15.1 Å². The molecule has 1 heterocycles. The Balaban J connectivity index is 2.05. The zero-order valence-corrected chi connectivity index (χ0v) is 15.0. The molecule has 0 radical (unpaired) electrons. The van der Waals surface area contributed by atoms with Crippen LogP contribution in [-0.4, -0.2) is 28.3 Å². The van der Waals surface area contributed by atoms with Crippen LogP contribution in [0.4, 0.5) is 5.82 Å². The quantitative estimate of drug-likeness (QED) is 0.782. The van der Waals surface area contributed by atoms with Crippen molar-refractivity contribution >= 4 is 17.7 Å². The molecule has 0 aliphatic rings. The summed E-state index contributed by atoms with van der Waals surface area (Å²) in [6.45, 7) is 7.84. The summed E-state index contributed by atoms with van der Waals surface area (Å²) in [5, 5.41) is 6.93. The van der Waals surface area contributed by atoms with Crippen molar-refractivity contribution in [2.24, 2.45) is 0 Å². The van der Waals surface area contributed by atoms with Gasteiger partial charge in [-0.05, 0) is 38.8 Å². The highest BCUT2D eigenvalue weighted by molar-refractivity contribution is 5.94. The number of aromatic nitrogens is 2. The molecule has 0 spiro atoms. The van der Waals surface area contributed by atoms with Gasteiger partial charge in [0.1, 0.15) is 17.9 Å². The molecule has 0 unspecified atom stereocenters. The maximum absolute atomic E-state index is 12.3. The number of amides is 1. The number of nitrogens with zero attached hydrogens (tertiary/aromatic N) is 2. The highest BCUT2D eigenvalue weighted by Crippen LogP contribution is 2.19. The van der Waals surface area contributed by atoms with Crippen molar-refractivity contribution in [3.05, 3.63) is 46.6 Å². The molecular weight excluding hydrogens is 320 g/mol. The van der Waals surface area contributed by atoms with E-state index in [1.807, 2.05) is 32.9 Å². The van der Waals surface area contributed by atoms with Gasteiger partial charge in [0.15, 0.2) is 0 Å². The Labute approximate surface area is 147 Å². The van der Waals surface area contributed by atoms with Crippen LogP contribution >= 0.6 is 0 Å². The molecule has 1 aromatic carbocycles. The first-order valence-corrected chi connectivity index (χ1v) is 8.18. The average molecular weight is 344 g/mol. The lowest BCUT2D eigenvalue weighted by Crippen LogP contribution is -2.31. The fraction of sp³-hybridized carbons (Fsp3) is 0.389. The van der Waals surface area contributed by atoms with E-state index in [1.54, 1.807) is 6.92 Å². The second-order valence-electron chi connectivity index (χ2n) is 5.97. The molecule has 0 saturated carbocycles. The third-order valence-electron chi connectivity index (χ3n) is 3.95. The molecule has 2 rings (SSSR count). The molecule has 0 bridgehead atoms. The number of benzene rings is 1. The number of nitrogens with one attached hydrogen (secondary N) is 1. The number of hydrogen-bond donors (Lipinski definition) is 2. The van der Waals surface area contributed by atoms with Gasteiger partial charge in [-0.15, -0.1) is 0 Å². The monoisotopic (exact) mass is 344 g/mol. The SMILES string of the molecule is CCOC(=O)c1cnn(CC(=O)N[C@@H](C)c2cc(C)ccc2C)c1N. The van der Waals surface area contributed by atoms with Crippen LogP contribution < -0.4 is 11.1 Å². The van der Waals surface area contributed by atoms with E-state index in [0.717, 1.165) is 16.7 Å². The average Bonchev–Trinajstić information content (AvgIpc) is 2.90. The van der Waals surface area contributed by atoms with Gasteiger partial charge in [-0.2, -0.15) is 5.10 Å². The Bertz CT molecular complexity index is 783. The largest absolute Gasteiger partial charge is 0.462 e. The zero-order valence-electron chi connectivity index (χ0n) is 15.0. The minimum absolute atomic E-state index is 0.0690. The lowest BCUT2D eigenvalue weighted by molar-refractivity contribution is -0.122. The van der Waals surface area contributed by atoms with Gasteiger partial charge in [-0.25, -0.2) is 9.48 Å². The normalized spacial score (nSPS) is 11.8. The molecule has 2 aromatic rings. The van der Waals surface area contributed by atoms with Crippen molar-refractivity contribution in [2.45, 2.75) is 40.3 Å². The first-order chi connectivity index (χ1) is 11.8. The Hall–Kier alpha value is -2.83. The molecular formula is C18H24N4O3. The second kappa shape index (κ2) is 7.83. The topological polar surface area (TPSA) is 99.2 Å².